The van der Waals surface area contributed by atoms with Crippen LogP contribution in [0.1, 0.15) is 16.1 Å². The molecule has 0 spiro atoms. The molecule has 0 bridgehead atoms. The van der Waals surface area contributed by atoms with Crippen molar-refractivity contribution in [2.45, 2.75) is 6.92 Å². The summed E-state index contributed by atoms with van der Waals surface area (Å²) in [6.45, 7) is 1.87. The molecule has 6 heteroatoms. The third-order valence-corrected chi connectivity index (χ3v) is 2.92. The van der Waals surface area contributed by atoms with Crippen molar-refractivity contribution in [1.29, 1.82) is 0 Å². The molecule has 1 N–H and O–H groups in total. The molecule has 0 aliphatic carbocycles. The van der Waals surface area contributed by atoms with Gasteiger partial charge < -0.3 is 5.11 Å². The van der Waals surface area contributed by atoms with Gasteiger partial charge in [-0.05, 0) is 24.5 Å². The van der Waals surface area contributed by atoms with Crippen molar-refractivity contribution < 1.29 is 9.90 Å². The molecule has 15 heavy (non-hydrogen) atoms. The molecule has 2 aromatic heterocycles. The lowest BCUT2D eigenvalue weighted by Gasteiger charge is -1.98. The summed E-state index contributed by atoms with van der Waals surface area (Å²) in [6.07, 6.45) is 1.35. The summed E-state index contributed by atoms with van der Waals surface area (Å²) in [7, 11) is 1.72. The average molecular weight is 223 g/mol. The van der Waals surface area contributed by atoms with Crippen LogP contribution in [0.2, 0.25) is 0 Å². The van der Waals surface area contributed by atoms with Gasteiger partial charge in [0.15, 0.2) is 0 Å². The number of hydrogen-bond donors (Lipinski definition) is 1. The number of nitrogens with zero attached hydrogens (tertiary/aromatic N) is 3. The van der Waals surface area contributed by atoms with Gasteiger partial charge in [0.1, 0.15) is 5.56 Å². The molecule has 5 nitrogen and oxygen atoms in total. The van der Waals surface area contributed by atoms with E-state index in [-0.39, 0.29) is 5.56 Å². The molecule has 0 saturated heterocycles. The van der Waals surface area contributed by atoms with Crippen LogP contribution in [0, 0.1) is 6.92 Å². The van der Waals surface area contributed by atoms with Crippen molar-refractivity contribution in [3.8, 4) is 10.6 Å². The SMILES string of the molecule is Cc1cc(-c2c(C(=O)O)cnn2C)sn1. The lowest BCUT2D eigenvalue weighted by Crippen LogP contribution is -1.99. The zero-order chi connectivity index (χ0) is 11.0. The third-order valence-electron chi connectivity index (χ3n) is 2.03. The van der Waals surface area contributed by atoms with E-state index in [1.54, 1.807) is 11.7 Å². The van der Waals surface area contributed by atoms with Crippen molar-refractivity contribution in [2.24, 2.45) is 7.05 Å². The highest BCUT2D eigenvalue weighted by atomic mass is 32.1. The van der Waals surface area contributed by atoms with Gasteiger partial charge in [-0.2, -0.15) is 9.47 Å². The van der Waals surface area contributed by atoms with Gasteiger partial charge in [-0.3, -0.25) is 4.68 Å². The predicted octanol–water partition coefficient (Wildman–Crippen LogP) is 1.55. The predicted molar refractivity (Wildman–Crippen MR) is 56.0 cm³/mol. The molecule has 2 aromatic rings. The first-order chi connectivity index (χ1) is 7.09. The Morgan fingerprint density at radius 1 is 1.60 bits per heavy atom. The van der Waals surface area contributed by atoms with Crippen LogP contribution in [0.15, 0.2) is 12.3 Å². The highest BCUT2D eigenvalue weighted by Gasteiger charge is 2.18. The van der Waals surface area contributed by atoms with Gasteiger partial charge in [-0.1, -0.05) is 0 Å². The van der Waals surface area contributed by atoms with Crippen molar-refractivity contribution in [3.05, 3.63) is 23.5 Å². The van der Waals surface area contributed by atoms with Gasteiger partial charge in [-0.25, -0.2) is 4.79 Å². The second kappa shape index (κ2) is 3.47. The summed E-state index contributed by atoms with van der Waals surface area (Å²) in [4.78, 5) is 11.8. The van der Waals surface area contributed by atoms with Gasteiger partial charge in [-0.15, -0.1) is 0 Å². The maximum atomic E-state index is 10.9. The first-order valence-corrected chi connectivity index (χ1v) is 5.06. The Labute approximate surface area is 90.1 Å². The molecule has 2 heterocycles. The fourth-order valence-electron chi connectivity index (χ4n) is 1.36. The van der Waals surface area contributed by atoms with Crippen LogP contribution in [0.25, 0.3) is 10.6 Å². The molecular formula is C9H9N3O2S. The van der Waals surface area contributed by atoms with Crippen molar-refractivity contribution in [3.63, 3.8) is 0 Å². The number of hydrogen-bond acceptors (Lipinski definition) is 4. The lowest BCUT2D eigenvalue weighted by atomic mass is 10.2. The second-order valence-electron chi connectivity index (χ2n) is 3.17. The van der Waals surface area contributed by atoms with E-state index in [1.807, 2.05) is 13.0 Å². The van der Waals surface area contributed by atoms with Crippen LogP contribution in [-0.4, -0.2) is 25.2 Å². The van der Waals surface area contributed by atoms with Crippen LogP contribution >= 0.6 is 11.5 Å². The van der Waals surface area contributed by atoms with Crippen molar-refractivity contribution >= 4 is 17.5 Å². The molecule has 78 valence electrons. The smallest absolute Gasteiger partial charge is 0.339 e. The van der Waals surface area contributed by atoms with Gasteiger partial charge in [0.2, 0.25) is 0 Å². The monoisotopic (exact) mass is 223 g/mol. The van der Waals surface area contributed by atoms with Crippen LogP contribution in [0.4, 0.5) is 0 Å². The maximum absolute atomic E-state index is 10.9. The summed E-state index contributed by atoms with van der Waals surface area (Å²) in [5.41, 5.74) is 1.70. The Kier molecular flexibility index (Phi) is 2.28. The summed E-state index contributed by atoms with van der Waals surface area (Å²) in [5, 5.41) is 12.9. The number of aromatic nitrogens is 3. The van der Waals surface area contributed by atoms with E-state index in [0.717, 1.165) is 10.6 Å². The van der Waals surface area contributed by atoms with E-state index >= 15 is 0 Å². The topological polar surface area (TPSA) is 68.0 Å². The minimum atomic E-state index is -0.968. The second-order valence-corrected chi connectivity index (χ2v) is 3.97. The van der Waals surface area contributed by atoms with E-state index in [0.29, 0.717) is 5.69 Å². The van der Waals surface area contributed by atoms with Crippen molar-refractivity contribution in [1.82, 2.24) is 14.2 Å². The molecule has 2 rings (SSSR count). The van der Waals surface area contributed by atoms with E-state index in [4.69, 9.17) is 5.11 Å². The minimum Gasteiger partial charge on any atom is -0.478 e. The van der Waals surface area contributed by atoms with E-state index in [9.17, 15) is 4.79 Å². The van der Waals surface area contributed by atoms with E-state index < -0.39 is 5.97 Å². The molecule has 0 unspecified atom stereocenters. The number of carbonyl (C=O) groups is 1. The Bertz CT molecular complexity index is 515. The molecule has 0 fully saturated rings. The summed E-state index contributed by atoms with van der Waals surface area (Å²) in [6, 6.07) is 1.86. The molecule has 0 atom stereocenters. The zero-order valence-corrected chi connectivity index (χ0v) is 9.08. The van der Waals surface area contributed by atoms with E-state index in [2.05, 4.69) is 9.47 Å². The highest BCUT2D eigenvalue weighted by molar-refractivity contribution is 7.09. The lowest BCUT2D eigenvalue weighted by molar-refractivity contribution is 0.0697. The van der Waals surface area contributed by atoms with Crippen molar-refractivity contribution in [2.75, 3.05) is 0 Å². The fourth-order valence-corrected chi connectivity index (χ4v) is 2.21. The molecular weight excluding hydrogens is 214 g/mol. The van der Waals surface area contributed by atoms with Gasteiger partial charge in [0, 0.05) is 7.05 Å². The maximum Gasteiger partial charge on any atom is 0.339 e. The molecule has 0 saturated carbocycles. The summed E-state index contributed by atoms with van der Waals surface area (Å²) >= 11 is 1.28. The molecule has 0 amide bonds. The fraction of sp³-hybridized carbons (Fsp3) is 0.222. The largest absolute Gasteiger partial charge is 0.478 e. The Morgan fingerprint density at radius 3 is 2.87 bits per heavy atom. The van der Waals surface area contributed by atoms with Crippen LogP contribution in [0.3, 0.4) is 0 Å². The minimum absolute atomic E-state index is 0.209. The third kappa shape index (κ3) is 1.63. The Balaban J connectivity index is 2.60. The Morgan fingerprint density at radius 2 is 2.33 bits per heavy atom. The number of aromatic carboxylic acids is 1. The van der Waals surface area contributed by atoms with Crippen LogP contribution in [0.5, 0.6) is 0 Å². The van der Waals surface area contributed by atoms with E-state index in [1.165, 1.54) is 17.7 Å². The standard InChI is InChI=1S/C9H9N3O2S/c1-5-3-7(15-11-5)8-6(9(13)14)4-10-12(8)2/h3-4H,1-2H3,(H,13,14). The normalized spacial score (nSPS) is 10.5. The number of carboxylic acid groups (broad SMARTS) is 1. The summed E-state index contributed by atoms with van der Waals surface area (Å²) in [5.74, 6) is -0.968. The zero-order valence-electron chi connectivity index (χ0n) is 8.26. The number of carboxylic acids is 1. The first kappa shape index (κ1) is 9.85. The van der Waals surface area contributed by atoms with Crippen LogP contribution < -0.4 is 0 Å². The first-order valence-electron chi connectivity index (χ1n) is 4.28. The molecule has 0 aliphatic rings. The summed E-state index contributed by atoms with van der Waals surface area (Å²) < 4.78 is 5.67. The quantitative estimate of drug-likeness (QED) is 0.838. The van der Waals surface area contributed by atoms with Crippen LogP contribution in [-0.2, 0) is 7.05 Å². The number of rotatable bonds is 2. The van der Waals surface area contributed by atoms with Gasteiger partial charge >= 0.3 is 5.97 Å². The molecule has 0 radical (unpaired) electrons. The number of aryl methyl sites for hydroxylation is 2. The van der Waals surface area contributed by atoms with Gasteiger partial charge in [0.05, 0.1) is 22.5 Å². The Hall–Kier alpha value is -1.69. The highest BCUT2D eigenvalue weighted by Crippen LogP contribution is 2.27. The van der Waals surface area contributed by atoms with Gasteiger partial charge in [0.25, 0.3) is 0 Å². The molecule has 0 aromatic carbocycles. The average Bonchev–Trinajstić information content (AvgIpc) is 2.71. The molecule has 0 aliphatic heterocycles.